The molecule has 0 aliphatic carbocycles. The fraction of sp³-hybridized carbons (Fsp3) is 0.286. The van der Waals surface area contributed by atoms with Crippen molar-refractivity contribution in [1.82, 2.24) is 5.32 Å². The van der Waals surface area contributed by atoms with Gasteiger partial charge in [-0.05, 0) is 12.1 Å². The Labute approximate surface area is 118 Å². The molecule has 0 aliphatic rings. The van der Waals surface area contributed by atoms with Gasteiger partial charge in [0.25, 0.3) is 5.91 Å². The molecule has 1 unspecified atom stereocenters. The van der Waals surface area contributed by atoms with Crippen molar-refractivity contribution in [3.05, 3.63) is 42.5 Å². The summed E-state index contributed by atoms with van der Waals surface area (Å²) in [6, 6.07) is 5.91. The number of para-hydroxylation sites is 1. The molecule has 1 rings (SSSR count). The number of anilines is 1. The molecule has 0 saturated carbocycles. The van der Waals surface area contributed by atoms with E-state index in [4.69, 9.17) is 10.5 Å². The maximum absolute atomic E-state index is 11.9. The van der Waals surface area contributed by atoms with Gasteiger partial charge in [-0.3, -0.25) is 9.59 Å². The lowest BCUT2D eigenvalue weighted by Gasteiger charge is -2.14. The first-order valence-electron chi connectivity index (χ1n) is 6.13. The van der Waals surface area contributed by atoms with Crippen LogP contribution in [-0.4, -0.2) is 38.1 Å². The molecular weight excluding hydrogens is 258 g/mol. The van der Waals surface area contributed by atoms with E-state index in [0.29, 0.717) is 17.8 Å². The smallest absolute Gasteiger partial charge is 0.253 e. The van der Waals surface area contributed by atoms with Crippen molar-refractivity contribution in [2.45, 2.75) is 6.04 Å². The Morgan fingerprint density at radius 2 is 2.15 bits per heavy atom. The molecule has 0 saturated heterocycles. The molecule has 20 heavy (non-hydrogen) atoms. The minimum absolute atomic E-state index is 0.108. The summed E-state index contributed by atoms with van der Waals surface area (Å²) in [6.45, 7) is 3.99. The van der Waals surface area contributed by atoms with Gasteiger partial charge in [-0.15, -0.1) is 6.58 Å². The van der Waals surface area contributed by atoms with Gasteiger partial charge in [0, 0.05) is 13.7 Å². The molecule has 108 valence electrons. The fourth-order valence-corrected chi connectivity index (χ4v) is 1.53. The second-order valence-electron chi connectivity index (χ2n) is 4.10. The number of rotatable bonds is 7. The molecule has 6 nitrogen and oxygen atoms in total. The summed E-state index contributed by atoms with van der Waals surface area (Å²) in [5.74, 6) is -0.697. The lowest BCUT2D eigenvalue weighted by Crippen LogP contribution is -2.39. The van der Waals surface area contributed by atoms with Crippen LogP contribution in [0.4, 0.5) is 5.69 Å². The van der Waals surface area contributed by atoms with E-state index in [9.17, 15) is 9.59 Å². The van der Waals surface area contributed by atoms with Gasteiger partial charge >= 0.3 is 0 Å². The van der Waals surface area contributed by atoms with Gasteiger partial charge in [0.05, 0.1) is 17.9 Å². The summed E-state index contributed by atoms with van der Waals surface area (Å²) >= 11 is 0. The lowest BCUT2D eigenvalue weighted by atomic mass is 10.1. The summed E-state index contributed by atoms with van der Waals surface area (Å²) in [5, 5.41) is 5.27. The van der Waals surface area contributed by atoms with E-state index >= 15 is 0 Å². The molecule has 2 amide bonds. The summed E-state index contributed by atoms with van der Waals surface area (Å²) in [6.07, 6.45) is 1.58. The number of nitrogens with one attached hydrogen (secondary N) is 2. The van der Waals surface area contributed by atoms with E-state index in [-0.39, 0.29) is 12.5 Å². The van der Waals surface area contributed by atoms with E-state index in [2.05, 4.69) is 17.2 Å². The van der Waals surface area contributed by atoms with Gasteiger partial charge < -0.3 is 21.1 Å². The molecule has 0 heterocycles. The SMILES string of the molecule is C=CCNC(=O)c1ccccc1NC(=O)C(N)COC. The summed E-state index contributed by atoms with van der Waals surface area (Å²) < 4.78 is 4.82. The van der Waals surface area contributed by atoms with Crippen LogP contribution in [0, 0.1) is 0 Å². The number of methoxy groups -OCH3 is 1. The largest absolute Gasteiger partial charge is 0.383 e. The average Bonchev–Trinajstić information content (AvgIpc) is 2.45. The first kappa shape index (κ1) is 15.9. The van der Waals surface area contributed by atoms with E-state index in [1.807, 2.05) is 0 Å². The van der Waals surface area contributed by atoms with Gasteiger partial charge in [-0.25, -0.2) is 0 Å². The Bertz CT molecular complexity index is 488. The molecular formula is C14H19N3O3. The van der Waals surface area contributed by atoms with E-state index < -0.39 is 11.9 Å². The summed E-state index contributed by atoms with van der Waals surface area (Å²) in [5.41, 5.74) is 6.41. The molecule has 0 radical (unpaired) electrons. The number of hydrogen-bond donors (Lipinski definition) is 3. The summed E-state index contributed by atoms with van der Waals surface area (Å²) in [7, 11) is 1.46. The van der Waals surface area contributed by atoms with Gasteiger partial charge in [-0.1, -0.05) is 18.2 Å². The van der Waals surface area contributed by atoms with Crippen molar-refractivity contribution in [3.8, 4) is 0 Å². The quantitative estimate of drug-likeness (QED) is 0.633. The predicted molar refractivity (Wildman–Crippen MR) is 77.5 cm³/mol. The monoisotopic (exact) mass is 277 g/mol. The minimum atomic E-state index is -0.788. The molecule has 1 aromatic carbocycles. The molecule has 0 aliphatic heterocycles. The molecule has 0 bridgehead atoms. The number of carbonyl (C=O) groups excluding carboxylic acids is 2. The lowest BCUT2D eigenvalue weighted by molar-refractivity contribution is -0.118. The molecule has 4 N–H and O–H groups in total. The Morgan fingerprint density at radius 3 is 2.80 bits per heavy atom. The van der Waals surface area contributed by atoms with Gasteiger partial charge in [0.1, 0.15) is 6.04 Å². The van der Waals surface area contributed by atoms with E-state index in [1.165, 1.54) is 7.11 Å². The fourth-order valence-electron chi connectivity index (χ4n) is 1.53. The highest BCUT2D eigenvalue weighted by Gasteiger charge is 2.16. The Balaban J connectivity index is 2.82. The number of hydrogen-bond acceptors (Lipinski definition) is 4. The van der Waals surface area contributed by atoms with E-state index in [0.717, 1.165) is 0 Å². The van der Waals surface area contributed by atoms with Crippen molar-refractivity contribution in [3.63, 3.8) is 0 Å². The number of ether oxygens (including phenoxy) is 1. The molecule has 6 heteroatoms. The number of amides is 2. The van der Waals surface area contributed by atoms with Crippen molar-refractivity contribution >= 4 is 17.5 Å². The first-order valence-corrected chi connectivity index (χ1v) is 6.13. The van der Waals surface area contributed by atoms with Gasteiger partial charge in [0.2, 0.25) is 5.91 Å². The zero-order chi connectivity index (χ0) is 15.0. The molecule has 0 aromatic heterocycles. The maximum atomic E-state index is 11.9. The predicted octanol–water partition coefficient (Wildman–Crippen LogP) is 0.515. The maximum Gasteiger partial charge on any atom is 0.253 e. The first-order chi connectivity index (χ1) is 9.60. The van der Waals surface area contributed by atoms with Crippen LogP contribution in [0.5, 0.6) is 0 Å². The zero-order valence-corrected chi connectivity index (χ0v) is 11.4. The van der Waals surface area contributed by atoms with Crippen LogP contribution < -0.4 is 16.4 Å². The van der Waals surface area contributed by atoms with Crippen molar-refractivity contribution < 1.29 is 14.3 Å². The normalized spacial score (nSPS) is 11.5. The van der Waals surface area contributed by atoms with Gasteiger partial charge in [0.15, 0.2) is 0 Å². The number of carbonyl (C=O) groups is 2. The average molecular weight is 277 g/mol. The summed E-state index contributed by atoms with van der Waals surface area (Å²) in [4.78, 5) is 23.8. The third-order valence-corrected chi connectivity index (χ3v) is 2.52. The van der Waals surface area contributed by atoms with Crippen LogP contribution in [0.2, 0.25) is 0 Å². The molecule has 1 aromatic rings. The highest BCUT2D eigenvalue weighted by Crippen LogP contribution is 2.15. The Kier molecular flexibility index (Phi) is 6.42. The van der Waals surface area contributed by atoms with Crippen molar-refractivity contribution in [1.29, 1.82) is 0 Å². The van der Waals surface area contributed by atoms with E-state index in [1.54, 1.807) is 30.3 Å². The third kappa shape index (κ3) is 4.49. The highest BCUT2D eigenvalue weighted by atomic mass is 16.5. The number of nitrogens with two attached hydrogens (primary N) is 1. The number of benzene rings is 1. The van der Waals surface area contributed by atoms with Crippen molar-refractivity contribution in [2.75, 3.05) is 25.6 Å². The second-order valence-corrected chi connectivity index (χ2v) is 4.10. The van der Waals surface area contributed by atoms with Crippen LogP contribution in [0.25, 0.3) is 0 Å². The van der Waals surface area contributed by atoms with Crippen LogP contribution in [0.3, 0.4) is 0 Å². The van der Waals surface area contributed by atoms with Crippen LogP contribution in [0.15, 0.2) is 36.9 Å². The minimum Gasteiger partial charge on any atom is -0.383 e. The molecule has 0 fully saturated rings. The highest BCUT2D eigenvalue weighted by molar-refractivity contribution is 6.04. The van der Waals surface area contributed by atoms with Crippen LogP contribution in [0.1, 0.15) is 10.4 Å². The standard InChI is InChI=1S/C14H19N3O3/c1-3-8-16-13(18)10-6-4-5-7-12(10)17-14(19)11(15)9-20-2/h3-7,11H,1,8-9,15H2,2H3,(H,16,18)(H,17,19). The third-order valence-electron chi connectivity index (χ3n) is 2.52. The second kappa shape index (κ2) is 8.08. The molecule has 1 atom stereocenters. The Hall–Kier alpha value is -2.18. The molecule has 0 spiro atoms. The van der Waals surface area contributed by atoms with Crippen LogP contribution in [-0.2, 0) is 9.53 Å². The van der Waals surface area contributed by atoms with Gasteiger partial charge in [-0.2, -0.15) is 0 Å². The van der Waals surface area contributed by atoms with Crippen molar-refractivity contribution in [2.24, 2.45) is 5.73 Å². The van der Waals surface area contributed by atoms with Crippen LogP contribution >= 0.6 is 0 Å². The topological polar surface area (TPSA) is 93.5 Å². The Morgan fingerprint density at radius 1 is 1.45 bits per heavy atom. The zero-order valence-electron chi connectivity index (χ0n) is 11.4.